The number of amides is 1. The SMILES string of the molecule is CC1CCCCC1NC(=O)c1ccc(=O)[nH]c1. The van der Waals surface area contributed by atoms with Crippen molar-refractivity contribution in [2.24, 2.45) is 5.92 Å². The first kappa shape index (κ1) is 11.9. The fourth-order valence-corrected chi connectivity index (χ4v) is 2.33. The zero-order valence-electron chi connectivity index (χ0n) is 10.0. The van der Waals surface area contributed by atoms with Crippen molar-refractivity contribution in [3.63, 3.8) is 0 Å². The highest BCUT2D eigenvalue weighted by Gasteiger charge is 2.23. The zero-order chi connectivity index (χ0) is 12.3. The van der Waals surface area contributed by atoms with Gasteiger partial charge in [0.25, 0.3) is 5.91 Å². The molecular weight excluding hydrogens is 216 g/mol. The normalized spacial score (nSPS) is 24.3. The van der Waals surface area contributed by atoms with Crippen molar-refractivity contribution < 1.29 is 4.79 Å². The summed E-state index contributed by atoms with van der Waals surface area (Å²) in [4.78, 5) is 25.3. The highest BCUT2D eigenvalue weighted by atomic mass is 16.2. The lowest BCUT2D eigenvalue weighted by atomic mass is 9.86. The highest BCUT2D eigenvalue weighted by molar-refractivity contribution is 5.94. The number of H-pyrrole nitrogens is 1. The molecule has 1 aliphatic carbocycles. The van der Waals surface area contributed by atoms with Gasteiger partial charge in [0.1, 0.15) is 0 Å². The molecule has 1 aliphatic rings. The number of hydrogen-bond acceptors (Lipinski definition) is 2. The summed E-state index contributed by atoms with van der Waals surface area (Å²) in [7, 11) is 0. The number of aromatic nitrogens is 1. The van der Waals surface area contributed by atoms with E-state index in [0.29, 0.717) is 11.5 Å². The van der Waals surface area contributed by atoms with Crippen molar-refractivity contribution in [1.82, 2.24) is 10.3 Å². The molecule has 2 N–H and O–H groups in total. The smallest absolute Gasteiger partial charge is 0.252 e. The van der Waals surface area contributed by atoms with Crippen LogP contribution in [0.4, 0.5) is 0 Å². The highest BCUT2D eigenvalue weighted by Crippen LogP contribution is 2.23. The molecule has 0 bridgehead atoms. The number of carbonyl (C=O) groups excluding carboxylic acids is 1. The molecule has 0 aromatic carbocycles. The van der Waals surface area contributed by atoms with Gasteiger partial charge in [0.15, 0.2) is 0 Å². The third kappa shape index (κ3) is 2.96. The van der Waals surface area contributed by atoms with Crippen LogP contribution in [0.25, 0.3) is 0 Å². The first-order valence-corrected chi connectivity index (χ1v) is 6.16. The van der Waals surface area contributed by atoms with Gasteiger partial charge in [-0.15, -0.1) is 0 Å². The Kier molecular flexibility index (Phi) is 3.61. The fraction of sp³-hybridized carbons (Fsp3) is 0.538. The van der Waals surface area contributed by atoms with Crippen LogP contribution in [0.15, 0.2) is 23.1 Å². The predicted molar refractivity (Wildman–Crippen MR) is 65.9 cm³/mol. The Morgan fingerprint density at radius 3 is 2.76 bits per heavy atom. The van der Waals surface area contributed by atoms with Crippen molar-refractivity contribution in [2.45, 2.75) is 38.6 Å². The standard InChI is InChI=1S/C13H18N2O2/c1-9-4-2-3-5-11(9)15-13(17)10-6-7-12(16)14-8-10/h6-9,11H,2-5H2,1H3,(H,14,16)(H,15,17). The molecule has 1 heterocycles. The summed E-state index contributed by atoms with van der Waals surface area (Å²) in [5.41, 5.74) is 0.329. The summed E-state index contributed by atoms with van der Waals surface area (Å²) in [6.07, 6.45) is 6.13. The molecule has 92 valence electrons. The van der Waals surface area contributed by atoms with Crippen LogP contribution in [0.2, 0.25) is 0 Å². The summed E-state index contributed by atoms with van der Waals surface area (Å²) in [5, 5.41) is 3.04. The maximum Gasteiger partial charge on any atom is 0.252 e. The van der Waals surface area contributed by atoms with Gasteiger partial charge in [0, 0.05) is 18.3 Å². The van der Waals surface area contributed by atoms with Crippen LogP contribution in [0.5, 0.6) is 0 Å². The van der Waals surface area contributed by atoms with Crippen molar-refractivity contribution >= 4 is 5.91 Å². The largest absolute Gasteiger partial charge is 0.349 e. The summed E-state index contributed by atoms with van der Waals surface area (Å²) < 4.78 is 0. The Hall–Kier alpha value is -1.58. The van der Waals surface area contributed by atoms with Crippen LogP contribution in [0, 0.1) is 5.92 Å². The topological polar surface area (TPSA) is 62.0 Å². The molecule has 0 radical (unpaired) electrons. The van der Waals surface area contributed by atoms with E-state index in [9.17, 15) is 9.59 Å². The van der Waals surface area contributed by atoms with Gasteiger partial charge in [0.2, 0.25) is 5.56 Å². The van der Waals surface area contributed by atoms with E-state index in [0.717, 1.165) is 6.42 Å². The average molecular weight is 234 g/mol. The molecule has 4 nitrogen and oxygen atoms in total. The molecule has 1 aromatic heterocycles. The van der Waals surface area contributed by atoms with Crippen LogP contribution in [-0.4, -0.2) is 16.9 Å². The van der Waals surface area contributed by atoms with Crippen LogP contribution >= 0.6 is 0 Å². The van der Waals surface area contributed by atoms with Crippen molar-refractivity contribution in [1.29, 1.82) is 0 Å². The number of pyridine rings is 1. The Labute approximate surface area is 100 Å². The Bertz CT molecular complexity index is 432. The quantitative estimate of drug-likeness (QED) is 0.818. The zero-order valence-corrected chi connectivity index (χ0v) is 10.0. The molecule has 2 atom stereocenters. The molecular formula is C13H18N2O2. The summed E-state index contributed by atoms with van der Waals surface area (Å²) in [6.45, 7) is 2.18. The summed E-state index contributed by atoms with van der Waals surface area (Å²) in [5.74, 6) is 0.440. The first-order chi connectivity index (χ1) is 8.16. The lowest BCUT2D eigenvalue weighted by Crippen LogP contribution is -2.41. The Morgan fingerprint density at radius 1 is 1.35 bits per heavy atom. The van der Waals surface area contributed by atoms with E-state index in [-0.39, 0.29) is 17.5 Å². The molecule has 1 fully saturated rings. The van der Waals surface area contributed by atoms with Crippen LogP contribution in [0.3, 0.4) is 0 Å². The minimum absolute atomic E-state index is 0.0972. The Morgan fingerprint density at radius 2 is 2.12 bits per heavy atom. The van der Waals surface area contributed by atoms with Gasteiger partial charge < -0.3 is 10.3 Å². The van der Waals surface area contributed by atoms with E-state index in [1.165, 1.54) is 31.5 Å². The van der Waals surface area contributed by atoms with Gasteiger partial charge in [-0.05, 0) is 24.8 Å². The van der Waals surface area contributed by atoms with Gasteiger partial charge in [-0.25, -0.2) is 0 Å². The van der Waals surface area contributed by atoms with Crippen molar-refractivity contribution in [3.05, 3.63) is 34.2 Å². The van der Waals surface area contributed by atoms with Gasteiger partial charge in [-0.1, -0.05) is 19.8 Å². The maximum atomic E-state index is 11.9. The maximum absolute atomic E-state index is 11.9. The third-order valence-corrected chi connectivity index (χ3v) is 3.47. The number of aromatic amines is 1. The van der Waals surface area contributed by atoms with Gasteiger partial charge >= 0.3 is 0 Å². The molecule has 2 rings (SSSR count). The number of nitrogens with one attached hydrogen (secondary N) is 2. The molecule has 0 aliphatic heterocycles. The lowest BCUT2D eigenvalue weighted by Gasteiger charge is -2.29. The first-order valence-electron chi connectivity index (χ1n) is 6.16. The van der Waals surface area contributed by atoms with Crippen molar-refractivity contribution in [3.8, 4) is 0 Å². The summed E-state index contributed by atoms with van der Waals surface area (Å²) in [6, 6.07) is 3.20. The minimum atomic E-state index is -0.187. The third-order valence-electron chi connectivity index (χ3n) is 3.47. The monoisotopic (exact) mass is 234 g/mol. The van der Waals surface area contributed by atoms with Gasteiger partial charge in [-0.2, -0.15) is 0 Å². The summed E-state index contributed by atoms with van der Waals surface area (Å²) >= 11 is 0. The number of rotatable bonds is 2. The van der Waals surface area contributed by atoms with Gasteiger partial charge in [-0.3, -0.25) is 9.59 Å². The molecule has 17 heavy (non-hydrogen) atoms. The van der Waals surface area contributed by atoms with E-state index in [1.807, 2.05) is 0 Å². The molecule has 1 amide bonds. The lowest BCUT2D eigenvalue weighted by molar-refractivity contribution is 0.0910. The van der Waals surface area contributed by atoms with Crippen LogP contribution in [-0.2, 0) is 0 Å². The van der Waals surface area contributed by atoms with E-state index in [1.54, 1.807) is 6.07 Å². The molecule has 0 spiro atoms. The molecule has 1 aromatic rings. The molecule has 2 unspecified atom stereocenters. The molecule has 0 saturated heterocycles. The van der Waals surface area contributed by atoms with Gasteiger partial charge in [0.05, 0.1) is 5.56 Å². The van der Waals surface area contributed by atoms with E-state index < -0.39 is 0 Å². The number of carbonyl (C=O) groups is 1. The molecule has 4 heteroatoms. The van der Waals surface area contributed by atoms with E-state index in [4.69, 9.17) is 0 Å². The number of hydrogen-bond donors (Lipinski definition) is 2. The fourth-order valence-electron chi connectivity index (χ4n) is 2.33. The average Bonchev–Trinajstić information content (AvgIpc) is 2.33. The van der Waals surface area contributed by atoms with E-state index >= 15 is 0 Å². The minimum Gasteiger partial charge on any atom is -0.349 e. The van der Waals surface area contributed by atoms with Crippen LogP contribution < -0.4 is 10.9 Å². The Balaban J connectivity index is 2.01. The van der Waals surface area contributed by atoms with Crippen molar-refractivity contribution in [2.75, 3.05) is 0 Å². The second kappa shape index (κ2) is 5.17. The molecule has 1 saturated carbocycles. The predicted octanol–water partition coefficient (Wildman–Crippen LogP) is 1.68. The van der Waals surface area contributed by atoms with E-state index in [2.05, 4.69) is 17.2 Å². The second-order valence-corrected chi connectivity index (χ2v) is 4.78. The van der Waals surface area contributed by atoms with Crippen LogP contribution in [0.1, 0.15) is 43.0 Å². The second-order valence-electron chi connectivity index (χ2n) is 4.78.